The Morgan fingerprint density at radius 2 is 2.00 bits per heavy atom. The lowest BCUT2D eigenvalue weighted by molar-refractivity contribution is -0.124. The number of rotatable bonds is 10. The Labute approximate surface area is 142 Å². The number of carbonyl (C=O) groups excluding carboxylic acids is 2. The summed E-state index contributed by atoms with van der Waals surface area (Å²) in [4.78, 5) is 22.9. The molecule has 0 atom stereocenters. The van der Waals surface area contributed by atoms with Crippen molar-refractivity contribution in [3.63, 3.8) is 0 Å². The summed E-state index contributed by atoms with van der Waals surface area (Å²) >= 11 is 0. The minimum absolute atomic E-state index is 0.306. The van der Waals surface area contributed by atoms with Gasteiger partial charge in [-0.1, -0.05) is 44.7 Å². The molecular formula is C18H25N3O3. The molecule has 0 unspecified atom stereocenters. The topological polar surface area (TPSA) is 90.8 Å². The normalized spacial score (nSPS) is 11.1. The Morgan fingerprint density at radius 1 is 1.21 bits per heavy atom. The Bertz CT molecular complexity index is 583. The number of unbranched alkanes of at least 4 members (excludes halogenated alkanes) is 5. The molecule has 0 aliphatic rings. The van der Waals surface area contributed by atoms with Crippen LogP contribution >= 0.6 is 0 Å². The van der Waals surface area contributed by atoms with E-state index in [1.54, 1.807) is 30.5 Å². The lowest BCUT2D eigenvalue weighted by atomic mass is 10.1. The quantitative estimate of drug-likeness (QED) is 0.202. The predicted molar refractivity (Wildman–Crippen MR) is 94.7 cm³/mol. The van der Waals surface area contributed by atoms with Crippen LogP contribution in [-0.2, 0) is 4.79 Å². The molecule has 0 bridgehead atoms. The number of amides is 2. The van der Waals surface area contributed by atoms with Crippen LogP contribution < -0.4 is 10.9 Å². The van der Waals surface area contributed by atoms with E-state index in [1.807, 2.05) is 0 Å². The molecule has 3 N–H and O–H groups in total. The summed E-state index contributed by atoms with van der Waals surface area (Å²) in [7, 11) is 0. The van der Waals surface area contributed by atoms with Gasteiger partial charge >= 0.3 is 0 Å². The molecule has 2 amide bonds. The summed E-state index contributed by atoms with van der Waals surface area (Å²) in [5.74, 6) is -0.938. The molecule has 1 aromatic carbocycles. The van der Waals surface area contributed by atoms with Crippen LogP contribution in [0, 0.1) is 0 Å². The van der Waals surface area contributed by atoms with Gasteiger partial charge in [-0.2, -0.15) is 5.10 Å². The molecule has 0 aliphatic carbocycles. The van der Waals surface area contributed by atoms with Gasteiger partial charge in [0.15, 0.2) is 0 Å². The van der Waals surface area contributed by atoms with E-state index in [1.165, 1.54) is 43.3 Å². The van der Waals surface area contributed by atoms with Gasteiger partial charge in [-0.3, -0.25) is 14.8 Å². The molecule has 0 fully saturated rings. The zero-order valence-electron chi connectivity index (χ0n) is 14.0. The summed E-state index contributed by atoms with van der Waals surface area (Å²) in [5.41, 5.74) is 5.11. The van der Waals surface area contributed by atoms with Crippen LogP contribution in [0.15, 0.2) is 35.4 Å². The van der Waals surface area contributed by atoms with Gasteiger partial charge in [-0.05, 0) is 36.6 Å². The van der Waals surface area contributed by atoms with Gasteiger partial charge in [0.1, 0.15) is 0 Å². The van der Waals surface area contributed by atoms with Crippen molar-refractivity contribution in [2.24, 2.45) is 5.10 Å². The van der Waals surface area contributed by atoms with Crippen molar-refractivity contribution in [1.29, 1.82) is 0 Å². The smallest absolute Gasteiger partial charge is 0.271 e. The maximum Gasteiger partial charge on any atom is 0.271 e. The number of hydrogen-bond donors (Lipinski definition) is 3. The zero-order valence-corrected chi connectivity index (χ0v) is 14.0. The summed E-state index contributed by atoms with van der Waals surface area (Å²) in [6.45, 7) is 2.18. The molecule has 0 heterocycles. The third-order valence-electron chi connectivity index (χ3n) is 3.38. The van der Waals surface area contributed by atoms with Crippen LogP contribution in [0.1, 0.15) is 61.4 Å². The molecule has 0 radical (unpaired) electrons. The molecule has 6 nitrogen and oxygen atoms in total. The number of hydrazone groups is 1. The molecule has 130 valence electrons. The minimum Gasteiger partial charge on any atom is -0.288 e. The van der Waals surface area contributed by atoms with Crippen molar-refractivity contribution in [2.45, 2.75) is 45.4 Å². The third-order valence-corrected chi connectivity index (χ3v) is 3.38. The number of nitrogens with zero attached hydrogens (tertiary/aromatic N) is 1. The standard InChI is InChI=1S/C18H25N3O3/c1-2-3-4-5-6-7-13-19-20-18(23)16-10-8-9-15(14-16)11-12-17(22)21-24/h8-14,24H,2-7H2,1H3,(H,20,23)(H,21,22)/b12-11+,19-13+. The van der Waals surface area contributed by atoms with Gasteiger partial charge in [-0.15, -0.1) is 0 Å². The summed E-state index contributed by atoms with van der Waals surface area (Å²) in [6.07, 6.45) is 11.2. The van der Waals surface area contributed by atoms with Crippen LogP contribution in [0.5, 0.6) is 0 Å². The molecule has 1 rings (SSSR count). The molecule has 1 aromatic rings. The highest BCUT2D eigenvalue weighted by Crippen LogP contribution is 2.07. The van der Waals surface area contributed by atoms with Crippen molar-refractivity contribution in [3.8, 4) is 0 Å². The Balaban J connectivity index is 2.42. The molecule has 0 spiro atoms. The predicted octanol–water partition coefficient (Wildman–Crippen LogP) is 3.28. The largest absolute Gasteiger partial charge is 0.288 e. The first-order valence-corrected chi connectivity index (χ1v) is 8.21. The van der Waals surface area contributed by atoms with Crippen LogP contribution in [0.4, 0.5) is 0 Å². The van der Waals surface area contributed by atoms with Crippen molar-refractivity contribution in [1.82, 2.24) is 10.9 Å². The highest BCUT2D eigenvalue weighted by atomic mass is 16.5. The summed E-state index contributed by atoms with van der Waals surface area (Å²) in [6, 6.07) is 6.76. The van der Waals surface area contributed by atoms with Gasteiger partial charge in [0.2, 0.25) is 0 Å². The van der Waals surface area contributed by atoms with E-state index < -0.39 is 5.91 Å². The van der Waals surface area contributed by atoms with Gasteiger partial charge in [0, 0.05) is 17.9 Å². The number of nitrogens with one attached hydrogen (secondary N) is 2. The van der Waals surface area contributed by atoms with Gasteiger partial charge in [0.05, 0.1) is 0 Å². The number of carbonyl (C=O) groups is 2. The molecule has 24 heavy (non-hydrogen) atoms. The zero-order chi connectivity index (χ0) is 17.6. The number of benzene rings is 1. The van der Waals surface area contributed by atoms with Crippen LogP contribution in [-0.4, -0.2) is 23.2 Å². The fourth-order valence-corrected chi connectivity index (χ4v) is 2.07. The number of hydroxylamine groups is 1. The maximum absolute atomic E-state index is 12.0. The lowest BCUT2D eigenvalue weighted by Gasteiger charge is -2.01. The Hall–Kier alpha value is -2.47. The molecular weight excluding hydrogens is 306 g/mol. The SMILES string of the molecule is CCCCCCC/C=N/NC(=O)c1cccc(/C=C/C(=O)NO)c1. The first kappa shape index (κ1) is 19.6. The second kappa shape index (κ2) is 12.0. The first-order valence-electron chi connectivity index (χ1n) is 8.21. The van der Waals surface area contributed by atoms with E-state index in [4.69, 9.17) is 5.21 Å². The lowest BCUT2D eigenvalue weighted by Crippen LogP contribution is -2.17. The average Bonchev–Trinajstić information content (AvgIpc) is 2.62. The van der Waals surface area contributed by atoms with Crippen LogP contribution in [0.25, 0.3) is 6.08 Å². The Morgan fingerprint density at radius 3 is 2.75 bits per heavy atom. The maximum atomic E-state index is 12.0. The van der Waals surface area contributed by atoms with E-state index in [0.29, 0.717) is 11.1 Å². The van der Waals surface area contributed by atoms with E-state index in [9.17, 15) is 9.59 Å². The highest BCUT2D eigenvalue weighted by Gasteiger charge is 2.04. The van der Waals surface area contributed by atoms with Gasteiger partial charge in [0.25, 0.3) is 11.8 Å². The van der Waals surface area contributed by atoms with Gasteiger partial charge < -0.3 is 0 Å². The Kier molecular flexibility index (Phi) is 9.80. The van der Waals surface area contributed by atoms with Crippen LogP contribution in [0.3, 0.4) is 0 Å². The van der Waals surface area contributed by atoms with Crippen molar-refractivity contribution in [2.75, 3.05) is 0 Å². The van der Waals surface area contributed by atoms with E-state index in [0.717, 1.165) is 12.8 Å². The minimum atomic E-state index is -0.631. The highest BCUT2D eigenvalue weighted by molar-refractivity contribution is 5.95. The molecule has 0 aliphatic heterocycles. The second-order valence-electron chi connectivity index (χ2n) is 5.39. The van der Waals surface area contributed by atoms with Gasteiger partial charge in [-0.25, -0.2) is 10.9 Å². The van der Waals surface area contributed by atoms with Crippen molar-refractivity contribution < 1.29 is 14.8 Å². The van der Waals surface area contributed by atoms with Crippen LogP contribution in [0.2, 0.25) is 0 Å². The summed E-state index contributed by atoms with van der Waals surface area (Å²) in [5, 5.41) is 12.4. The number of hydrogen-bond acceptors (Lipinski definition) is 4. The molecule has 0 saturated carbocycles. The van der Waals surface area contributed by atoms with Crippen molar-refractivity contribution >= 4 is 24.1 Å². The first-order chi connectivity index (χ1) is 11.7. The van der Waals surface area contributed by atoms with E-state index >= 15 is 0 Å². The van der Waals surface area contributed by atoms with E-state index in [-0.39, 0.29) is 5.91 Å². The molecule has 0 saturated heterocycles. The monoisotopic (exact) mass is 331 g/mol. The fourth-order valence-electron chi connectivity index (χ4n) is 2.07. The second-order valence-corrected chi connectivity index (χ2v) is 5.39. The third kappa shape index (κ3) is 8.24. The summed E-state index contributed by atoms with van der Waals surface area (Å²) < 4.78 is 0. The average molecular weight is 331 g/mol. The molecule has 0 aromatic heterocycles. The fraction of sp³-hybridized carbons (Fsp3) is 0.389. The van der Waals surface area contributed by atoms with Crippen molar-refractivity contribution in [3.05, 3.63) is 41.5 Å². The molecule has 6 heteroatoms. The van der Waals surface area contributed by atoms with E-state index in [2.05, 4.69) is 17.5 Å².